The summed E-state index contributed by atoms with van der Waals surface area (Å²) in [6, 6.07) is 5.49. The molecular weight excluding hydrogens is 423 g/mol. The highest BCUT2D eigenvalue weighted by Crippen LogP contribution is 2.23. The zero-order chi connectivity index (χ0) is 22.5. The predicted molar refractivity (Wildman–Crippen MR) is 121 cm³/mol. The number of rotatable bonds is 9. The predicted octanol–water partition coefficient (Wildman–Crippen LogP) is 3.85. The first kappa shape index (κ1) is 24.0. The monoisotopic (exact) mass is 452 g/mol. The van der Waals surface area contributed by atoms with Crippen molar-refractivity contribution in [3.8, 4) is 0 Å². The maximum Gasteiger partial charge on any atom is 0.228 e. The van der Waals surface area contributed by atoms with Crippen LogP contribution in [0.1, 0.15) is 45.0 Å². The lowest BCUT2D eigenvalue weighted by Crippen LogP contribution is -2.42. The van der Waals surface area contributed by atoms with E-state index < -0.39 is 15.7 Å². The van der Waals surface area contributed by atoms with Crippen LogP contribution in [0.15, 0.2) is 48.3 Å². The fourth-order valence-corrected chi connectivity index (χ4v) is 5.03. The number of halogens is 1. The third-order valence-electron chi connectivity index (χ3n) is 4.31. The van der Waals surface area contributed by atoms with Crippen molar-refractivity contribution in [2.24, 2.45) is 0 Å². The van der Waals surface area contributed by atoms with Crippen LogP contribution in [0.2, 0.25) is 0 Å². The number of nitrogens with one attached hydrogen (secondary N) is 1. The highest BCUT2D eigenvalue weighted by Gasteiger charge is 2.26. The van der Waals surface area contributed by atoms with E-state index in [1.165, 1.54) is 24.3 Å². The van der Waals surface area contributed by atoms with Crippen molar-refractivity contribution in [2.75, 3.05) is 6.54 Å². The molecule has 2 rings (SSSR count). The van der Waals surface area contributed by atoms with Gasteiger partial charge in [-0.25, -0.2) is 17.8 Å². The van der Waals surface area contributed by atoms with Crippen LogP contribution < -0.4 is 5.32 Å². The first-order chi connectivity index (χ1) is 14.0. The standard InChI is InChI=1S/C21H29FN4O2S2/c1-6-11-25(20(29)24-15(2)3)13-19-12-23-21(26(19)16(4)5)30(27,28)14-17-7-9-18(22)10-8-17/h6-10,12,15-16H,1,11,13-14H2,2-5H3,(H,24,29). The van der Waals surface area contributed by atoms with Crippen LogP contribution in [0.3, 0.4) is 0 Å². The number of benzene rings is 1. The minimum absolute atomic E-state index is 0.00175. The van der Waals surface area contributed by atoms with Crippen molar-refractivity contribution in [2.45, 2.75) is 57.2 Å². The van der Waals surface area contributed by atoms with Crippen LogP contribution in [0.25, 0.3) is 0 Å². The molecule has 0 radical (unpaired) electrons. The second kappa shape index (κ2) is 10.2. The molecule has 0 aliphatic rings. The van der Waals surface area contributed by atoms with Gasteiger partial charge < -0.3 is 14.8 Å². The van der Waals surface area contributed by atoms with Gasteiger partial charge in [0, 0.05) is 18.6 Å². The Labute approximate surface area is 183 Å². The maximum atomic E-state index is 13.2. The largest absolute Gasteiger partial charge is 0.360 e. The molecule has 30 heavy (non-hydrogen) atoms. The zero-order valence-electron chi connectivity index (χ0n) is 17.8. The van der Waals surface area contributed by atoms with E-state index in [2.05, 4.69) is 16.9 Å². The molecule has 0 saturated heterocycles. The summed E-state index contributed by atoms with van der Waals surface area (Å²) in [5.41, 5.74) is 1.24. The summed E-state index contributed by atoms with van der Waals surface area (Å²) in [6.07, 6.45) is 3.32. The lowest BCUT2D eigenvalue weighted by atomic mass is 10.2. The van der Waals surface area contributed by atoms with E-state index in [0.29, 0.717) is 23.8 Å². The molecule has 0 aliphatic heterocycles. The van der Waals surface area contributed by atoms with Crippen LogP contribution in [-0.2, 0) is 22.1 Å². The number of aromatic nitrogens is 2. The van der Waals surface area contributed by atoms with Crippen LogP contribution in [-0.4, -0.2) is 40.6 Å². The minimum atomic E-state index is -3.73. The Bertz CT molecular complexity index is 983. The molecule has 164 valence electrons. The van der Waals surface area contributed by atoms with E-state index in [4.69, 9.17) is 12.2 Å². The van der Waals surface area contributed by atoms with Crippen LogP contribution in [0.5, 0.6) is 0 Å². The summed E-state index contributed by atoms with van der Waals surface area (Å²) in [5, 5.41) is 3.77. The van der Waals surface area contributed by atoms with Gasteiger partial charge in [0.1, 0.15) is 5.82 Å². The fraction of sp³-hybridized carbons (Fsp3) is 0.429. The third-order valence-corrected chi connectivity index (χ3v) is 6.25. The SMILES string of the molecule is C=CCN(Cc1cnc(S(=O)(=O)Cc2ccc(F)cc2)n1C(C)C)C(=S)NC(C)C. The molecule has 0 bridgehead atoms. The van der Waals surface area contributed by atoms with E-state index in [1.807, 2.05) is 32.6 Å². The fourth-order valence-electron chi connectivity index (χ4n) is 3.05. The topological polar surface area (TPSA) is 67.2 Å². The Kier molecular flexibility index (Phi) is 8.14. The van der Waals surface area contributed by atoms with Crippen LogP contribution >= 0.6 is 12.2 Å². The molecule has 0 spiro atoms. The van der Waals surface area contributed by atoms with Gasteiger partial charge in [0.05, 0.1) is 24.2 Å². The van der Waals surface area contributed by atoms with Crippen molar-refractivity contribution in [1.82, 2.24) is 19.8 Å². The summed E-state index contributed by atoms with van der Waals surface area (Å²) >= 11 is 5.49. The number of hydrogen-bond acceptors (Lipinski definition) is 4. The first-order valence-electron chi connectivity index (χ1n) is 9.74. The molecule has 0 saturated carbocycles. The molecule has 1 aromatic heterocycles. The third kappa shape index (κ3) is 6.12. The van der Waals surface area contributed by atoms with Gasteiger partial charge in [0.25, 0.3) is 0 Å². The second-order valence-corrected chi connectivity index (χ2v) is 9.92. The molecule has 0 aliphatic carbocycles. The van der Waals surface area contributed by atoms with Crippen molar-refractivity contribution < 1.29 is 12.8 Å². The average molecular weight is 453 g/mol. The van der Waals surface area contributed by atoms with Crippen molar-refractivity contribution >= 4 is 27.2 Å². The molecule has 1 N–H and O–H groups in total. The van der Waals surface area contributed by atoms with Crippen molar-refractivity contribution in [3.05, 3.63) is 60.2 Å². The van der Waals surface area contributed by atoms with Gasteiger partial charge in [-0.05, 0) is 57.6 Å². The molecule has 0 unspecified atom stereocenters. The number of nitrogens with zero attached hydrogens (tertiary/aromatic N) is 3. The zero-order valence-corrected chi connectivity index (χ0v) is 19.4. The molecule has 2 aromatic rings. The van der Waals surface area contributed by atoms with Crippen LogP contribution in [0, 0.1) is 5.82 Å². The summed E-state index contributed by atoms with van der Waals surface area (Å²) in [7, 11) is -3.73. The van der Waals surface area contributed by atoms with Gasteiger partial charge in [-0.15, -0.1) is 6.58 Å². The molecule has 6 nitrogen and oxygen atoms in total. The summed E-state index contributed by atoms with van der Waals surface area (Å²) < 4.78 is 41.0. The Morgan fingerprint density at radius 3 is 2.47 bits per heavy atom. The molecule has 9 heteroatoms. The van der Waals surface area contributed by atoms with Crippen molar-refractivity contribution in [1.29, 1.82) is 0 Å². The second-order valence-electron chi connectivity index (χ2n) is 7.65. The summed E-state index contributed by atoms with van der Waals surface area (Å²) in [4.78, 5) is 6.15. The number of imidazole rings is 1. The Morgan fingerprint density at radius 2 is 1.93 bits per heavy atom. The highest BCUT2D eigenvalue weighted by molar-refractivity contribution is 7.90. The van der Waals surface area contributed by atoms with Gasteiger partial charge in [0.15, 0.2) is 5.11 Å². The Hall–Kier alpha value is -2.26. The Morgan fingerprint density at radius 1 is 1.30 bits per heavy atom. The first-order valence-corrected chi connectivity index (χ1v) is 11.8. The normalized spacial score (nSPS) is 11.7. The lowest BCUT2D eigenvalue weighted by Gasteiger charge is -2.27. The molecule has 1 aromatic carbocycles. The molecular formula is C21H29FN4O2S2. The number of hydrogen-bond donors (Lipinski definition) is 1. The van der Waals surface area contributed by atoms with Crippen molar-refractivity contribution in [3.63, 3.8) is 0 Å². The van der Waals surface area contributed by atoms with Gasteiger partial charge >= 0.3 is 0 Å². The number of thiocarbonyl (C=S) groups is 1. The van der Waals surface area contributed by atoms with Crippen LogP contribution in [0.4, 0.5) is 4.39 Å². The highest BCUT2D eigenvalue weighted by atomic mass is 32.2. The maximum absolute atomic E-state index is 13.2. The smallest absolute Gasteiger partial charge is 0.228 e. The van der Waals surface area contributed by atoms with E-state index in [9.17, 15) is 12.8 Å². The molecule has 0 atom stereocenters. The van der Waals surface area contributed by atoms with Gasteiger partial charge in [0.2, 0.25) is 15.0 Å². The summed E-state index contributed by atoms with van der Waals surface area (Å²) in [6.45, 7) is 12.5. The summed E-state index contributed by atoms with van der Waals surface area (Å²) in [5.74, 6) is -0.657. The lowest BCUT2D eigenvalue weighted by molar-refractivity contribution is 0.407. The van der Waals surface area contributed by atoms with E-state index >= 15 is 0 Å². The van der Waals surface area contributed by atoms with E-state index in [-0.39, 0.29) is 23.0 Å². The van der Waals surface area contributed by atoms with E-state index in [0.717, 1.165) is 5.69 Å². The number of sulfone groups is 1. The molecule has 1 heterocycles. The minimum Gasteiger partial charge on any atom is -0.360 e. The van der Waals surface area contributed by atoms with E-state index in [1.54, 1.807) is 16.8 Å². The average Bonchev–Trinajstić information content (AvgIpc) is 3.07. The van der Waals surface area contributed by atoms with Gasteiger partial charge in [-0.3, -0.25) is 0 Å². The molecule has 0 amide bonds. The quantitative estimate of drug-likeness (QED) is 0.461. The Balaban J connectivity index is 2.36. The molecule has 0 fully saturated rings. The van der Waals surface area contributed by atoms with Gasteiger partial charge in [-0.1, -0.05) is 18.2 Å². The van der Waals surface area contributed by atoms with Gasteiger partial charge in [-0.2, -0.15) is 0 Å².